The van der Waals surface area contributed by atoms with E-state index in [0.29, 0.717) is 19.5 Å². The van der Waals surface area contributed by atoms with E-state index in [1.54, 1.807) is 0 Å². The van der Waals surface area contributed by atoms with Gasteiger partial charge in [0.25, 0.3) is 0 Å². The lowest BCUT2D eigenvalue weighted by Gasteiger charge is -2.33. The molecule has 1 aliphatic rings. The molecule has 0 radical (unpaired) electrons. The third kappa shape index (κ3) is 6.33. The number of amides is 1. The van der Waals surface area contributed by atoms with E-state index in [1.165, 1.54) is 10.6 Å². The molecule has 19 heavy (non-hydrogen) atoms. The van der Waals surface area contributed by atoms with E-state index in [9.17, 15) is 13.2 Å². The van der Waals surface area contributed by atoms with Gasteiger partial charge in [0.2, 0.25) is 15.9 Å². The van der Waals surface area contributed by atoms with Crippen LogP contribution in [0.5, 0.6) is 0 Å². The minimum Gasteiger partial charge on any atom is -0.301 e. The summed E-state index contributed by atoms with van der Waals surface area (Å²) in [6.07, 6.45) is 4.58. The fourth-order valence-electron chi connectivity index (χ4n) is 2.15. The van der Waals surface area contributed by atoms with Crippen molar-refractivity contribution in [2.45, 2.75) is 25.7 Å². The van der Waals surface area contributed by atoms with E-state index in [4.69, 9.17) is 5.84 Å². The average molecular weight is 292 g/mol. The first-order chi connectivity index (χ1) is 8.93. The Kier molecular flexibility index (Phi) is 6.70. The SMILES string of the molecule is CS(=O)(=O)N1CCN(CCCCCC(=O)NN)CC1. The Morgan fingerprint density at radius 1 is 1.16 bits per heavy atom. The lowest BCUT2D eigenvalue weighted by atomic mass is 10.2. The molecule has 1 aliphatic heterocycles. The topological polar surface area (TPSA) is 95.7 Å². The molecule has 0 aromatic rings. The summed E-state index contributed by atoms with van der Waals surface area (Å²) in [7, 11) is -3.04. The van der Waals surface area contributed by atoms with Crippen LogP contribution in [0.25, 0.3) is 0 Å². The number of rotatable bonds is 7. The van der Waals surface area contributed by atoms with E-state index >= 15 is 0 Å². The smallest absolute Gasteiger partial charge is 0.233 e. The van der Waals surface area contributed by atoms with Crippen LogP contribution in [-0.2, 0) is 14.8 Å². The molecule has 0 aromatic heterocycles. The lowest BCUT2D eigenvalue weighted by Crippen LogP contribution is -2.48. The van der Waals surface area contributed by atoms with E-state index in [1.807, 2.05) is 0 Å². The van der Waals surface area contributed by atoms with Gasteiger partial charge in [-0.1, -0.05) is 6.42 Å². The highest BCUT2D eigenvalue weighted by atomic mass is 32.2. The van der Waals surface area contributed by atoms with E-state index < -0.39 is 10.0 Å². The quantitative estimate of drug-likeness (QED) is 0.275. The molecule has 1 rings (SSSR count). The van der Waals surface area contributed by atoms with E-state index in [-0.39, 0.29) is 5.91 Å². The molecule has 1 fully saturated rings. The highest BCUT2D eigenvalue weighted by molar-refractivity contribution is 7.88. The summed E-state index contributed by atoms with van der Waals surface area (Å²) in [5.74, 6) is 4.87. The van der Waals surface area contributed by atoms with Crippen LogP contribution in [0.1, 0.15) is 25.7 Å². The molecule has 0 unspecified atom stereocenters. The van der Waals surface area contributed by atoms with Crippen molar-refractivity contribution in [1.29, 1.82) is 0 Å². The number of hydrogen-bond donors (Lipinski definition) is 2. The molecule has 0 bridgehead atoms. The second-order valence-electron chi connectivity index (χ2n) is 4.88. The number of sulfonamides is 1. The molecular weight excluding hydrogens is 268 g/mol. The van der Waals surface area contributed by atoms with E-state index in [0.717, 1.165) is 38.9 Å². The van der Waals surface area contributed by atoms with Gasteiger partial charge in [0.15, 0.2) is 0 Å². The van der Waals surface area contributed by atoms with Gasteiger partial charge in [-0.25, -0.2) is 14.3 Å². The number of hydrazine groups is 1. The Bertz CT molecular complexity index is 377. The van der Waals surface area contributed by atoms with Crippen LogP contribution in [0, 0.1) is 0 Å². The summed E-state index contributed by atoms with van der Waals surface area (Å²) in [5, 5.41) is 0. The Hall–Kier alpha value is -0.700. The van der Waals surface area contributed by atoms with Crippen molar-refractivity contribution in [2.24, 2.45) is 5.84 Å². The third-order valence-corrected chi connectivity index (χ3v) is 4.64. The zero-order valence-corrected chi connectivity index (χ0v) is 12.3. The predicted molar refractivity (Wildman–Crippen MR) is 73.7 cm³/mol. The Balaban J connectivity index is 2.09. The van der Waals surface area contributed by atoms with Gasteiger partial charge < -0.3 is 4.90 Å². The van der Waals surface area contributed by atoms with E-state index in [2.05, 4.69) is 10.3 Å². The molecule has 0 aromatic carbocycles. The van der Waals surface area contributed by atoms with Gasteiger partial charge in [0.05, 0.1) is 6.26 Å². The van der Waals surface area contributed by atoms with Gasteiger partial charge >= 0.3 is 0 Å². The number of hydrogen-bond acceptors (Lipinski definition) is 5. The summed E-state index contributed by atoms with van der Waals surface area (Å²) >= 11 is 0. The van der Waals surface area contributed by atoms with Gasteiger partial charge in [0.1, 0.15) is 0 Å². The number of carbonyl (C=O) groups is 1. The molecule has 1 heterocycles. The number of nitrogens with zero attached hydrogens (tertiary/aromatic N) is 2. The summed E-state index contributed by atoms with van der Waals surface area (Å²) in [6, 6.07) is 0. The Labute approximate surface area is 115 Å². The molecule has 0 saturated carbocycles. The molecule has 0 atom stereocenters. The van der Waals surface area contributed by atoms with Gasteiger partial charge in [-0.05, 0) is 19.4 Å². The van der Waals surface area contributed by atoms with Crippen molar-refractivity contribution in [3.63, 3.8) is 0 Å². The van der Waals surface area contributed by atoms with Gasteiger partial charge in [-0.15, -0.1) is 0 Å². The van der Waals surface area contributed by atoms with Crippen molar-refractivity contribution < 1.29 is 13.2 Å². The maximum Gasteiger partial charge on any atom is 0.233 e. The molecule has 3 N–H and O–H groups in total. The average Bonchev–Trinajstić information content (AvgIpc) is 2.37. The summed E-state index contributed by atoms with van der Waals surface area (Å²) in [4.78, 5) is 13.2. The van der Waals surface area contributed by atoms with Crippen molar-refractivity contribution in [1.82, 2.24) is 14.6 Å². The molecule has 1 saturated heterocycles. The highest BCUT2D eigenvalue weighted by Gasteiger charge is 2.22. The van der Waals surface area contributed by atoms with Crippen LogP contribution >= 0.6 is 0 Å². The first kappa shape index (κ1) is 16.4. The third-order valence-electron chi connectivity index (χ3n) is 3.34. The number of nitrogens with two attached hydrogens (primary N) is 1. The first-order valence-electron chi connectivity index (χ1n) is 6.60. The maximum absolute atomic E-state index is 11.3. The monoisotopic (exact) mass is 292 g/mol. The highest BCUT2D eigenvalue weighted by Crippen LogP contribution is 2.08. The normalized spacial score (nSPS) is 18.4. The van der Waals surface area contributed by atoms with Crippen LogP contribution in [0.2, 0.25) is 0 Å². The molecule has 112 valence electrons. The molecule has 0 aliphatic carbocycles. The van der Waals surface area contributed by atoms with Crippen molar-refractivity contribution in [3.8, 4) is 0 Å². The molecule has 0 spiro atoms. The van der Waals surface area contributed by atoms with Gasteiger partial charge in [0, 0.05) is 32.6 Å². The molecule has 7 nitrogen and oxygen atoms in total. The second-order valence-corrected chi connectivity index (χ2v) is 6.86. The van der Waals surface area contributed by atoms with Crippen LogP contribution in [0.15, 0.2) is 0 Å². The standard InChI is InChI=1S/C11H24N4O3S/c1-19(17,18)15-9-7-14(8-10-15)6-4-2-3-5-11(16)13-12/h2-10,12H2,1H3,(H,13,16). The summed E-state index contributed by atoms with van der Waals surface area (Å²) in [6.45, 7) is 3.69. The fraction of sp³-hybridized carbons (Fsp3) is 0.909. The van der Waals surface area contributed by atoms with Crippen LogP contribution < -0.4 is 11.3 Å². The summed E-state index contributed by atoms with van der Waals surface area (Å²) in [5.41, 5.74) is 2.11. The molecular formula is C11H24N4O3S. The lowest BCUT2D eigenvalue weighted by molar-refractivity contribution is -0.121. The van der Waals surface area contributed by atoms with Crippen molar-refractivity contribution >= 4 is 15.9 Å². The largest absolute Gasteiger partial charge is 0.301 e. The first-order valence-corrected chi connectivity index (χ1v) is 8.45. The van der Waals surface area contributed by atoms with Crippen molar-refractivity contribution in [3.05, 3.63) is 0 Å². The minimum absolute atomic E-state index is 0.123. The predicted octanol–water partition coefficient (Wildman–Crippen LogP) is -0.886. The number of carbonyl (C=O) groups excluding carboxylic acids is 1. The number of piperazine rings is 1. The van der Waals surface area contributed by atoms with Crippen LogP contribution in [-0.4, -0.2) is 62.5 Å². The minimum atomic E-state index is -3.04. The summed E-state index contributed by atoms with van der Waals surface area (Å²) < 4.78 is 24.2. The Morgan fingerprint density at radius 3 is 2.32 bits per heavy atom. The van der Waals surface area contributed by atoms with Gasteiger partial charge in [-0.3, -0.25) is 10.2 Å². The second kappa shape index (κ2) is 7.78. The Morgan fingerprint density at radius 2 is 1.79 bits per heavy atom. The van der Waals surface area contributed by atoms with Crippen LogP contribution in [0.3, 0.4) is 0 Å². The fourth-order valence-corrected chi connectivity index (χ4v) is 2.98. The molecule has 1 amide bonds. The number of unbranched alkanes of at least 4 members (excludes halogenated alkanes) is 2. The number of nitrogens with one attached hydrogen (secondary N) is 1. The van der Waals surface area contributed by atoms with Crippen LogP contribution in [0.4, 0.5) is 0 Å². The van der Waals surface area contributed by atoms with Crippen molar-refractivity contribution in [2.75, 3.05) is 39.0 Å². The molecule has 8 heteroatoms. The maximum atomic E-state index is 11.3. The van der Waals surface area contributed by atoms with Gasteiger partial charge in [-0.2, -0.15) is 4.31 Å². The zero-order valence-electron chi connectivity index (χ0n) is 11.5. The zero-order chi connectivity index (χ0) is 14.3.